The van der Waals surface area contributed by atoms with Gasteiger partial charge in [-0.05, 0) is 43.8 Å². The van der Waals surface area contributed by atoms with Gasteiger partial charge in [0.05, 0.1) is 24.7 Å². The van der Waals surface area contributed by atoms with E-state index in [9.17, 15) is 15.0 Å². The number of aliphatic hydroxyl groups is 2. The lowest BCUT2D eigenvalue weighted by Gasteiger charge is -2.67. The molecule has 28 heavy (non-hydrogen) atoms. The second kappa shape index (κ2) is 4.83. The van der Waals surface area contributed by atoms with Gasteiger partial charge in [-0.25, -0.2) is 0 Å². The molecule has 2 bridgehead atoms. The number of methoxy groups -OCH3 is 1. The van der Waals surface area contributed by atoms with Gasteiger partial charge in [-0.2, -0.15) is 0 Å². The summed E-state index contributed by atoms with van der Waals surface area (Å²) in [6.07, 6.45) is 3.79. The summed E-state index contributed by atoms with van der Waals surface area (Å²) in [5, 5.41) is 21.9. The minimum atomic E-state index is -1.46. The highest BCUT2D eigenvalue weighted by atomic mass is 16.7. The van der Waals surface area contributed by atoms with Crippen molar-refractivity contribution in [2.75, 3.05) is 20.3 Å². The number of carbonyl (C=O) groups is 1. The topological polar surface area (TPSA) is 94.5 Å². The summed E-state index contributed by atoms with van der Waals surface area (Å²) in [5.41, 5.74) is -0.934. The van der Waals surface area contributed by atoms with Crippen molar-refractivity contribution >= 4 is 5.97 Å². The van der Waals surface area contributed by atoms with Gasteiger partial charge in [0.1, 0.15) is 11.5 Å². The predicted molar refractivity (Wildman–Crippen MR) is 94.7 cm³/mol. The van der Waals surface area contributed by atoms with Crippen molar-refractivity contribution in [2.24, 2.45) is 28.1 Å². The van der Waals surface area contributed by atoms with Gasteiger partial charge in [-0.1, -0.05) is 6.92 Å². The van der Waals surface area contributed by atoms with Gasteiger partial charge in [0, 0.05) is 24.9 Å². The number of hydrogen-bond acceptors (Lipinski definition) is 7. The van der Waals surface area contributed by atoms with Crippen LogP contribution in [0.1, 0.15) is 39.5 Å². The first-order valence-electron chi connectivity index (χ1n) is 10.4. The zero-order chi connectivity index (χ0) is 19.7. The number of fused-ring (bicyclic) bond motifs is 5. The molecule has 2 saturated carbocycles. The Labute approximate surface area is 164 Å². The van der Waals surface area contributed by atoms with Crippen molar-refractivity contribution in [3.05, 3.63) is 11.6 Å². The quantitative estimate of drug-likeness (QED) is 0.510. The zero-order valence-corrected chi connectivity index (χ0v) is 16.6. The second-order valence-corrected chi connectivity index (χ2v) is 10.1. The molecule has 7 rings (SSSR count). The summed E-state index contributed by atoms with van der Waals surface area (Å²) in [4.78, 5) is 13.0. The molecule has 4 aliphatic heterocycles. The molecular weight excluding hydrogens is 364 g/mol. The van der Waals surface area contributed by atoms with E-state index in [1.807, 2.05) is 13.0 Å². The molecule has 0 aromatic heterocycles. The van der Waals surface area contributed by atoms with E-state index in [4.69, 9.17) is 18.9 Å². The van der Waals surface area contributed by atoms with Gasteiger partial charge in [-0.3, -0.25) is 4.79 Å². The standard InChI is InChI=1S/C21H28O7/c1-17-5-4-11-12(21(17,25-3)26-9-14(17)22)8-13-15-18(2,16(23)28-13)20(24)7-6-19(11,15)10-27-20/h8,11,13-15,22,24H,4-7,9-10H2,1-3H3/t11-,13-,14-,15+,17+,18+,19+,20-,21+/m1/s1. The van der Waals surface area contributed by atoms with E-state index in [-0.39, 0.29) is 29.8 Å². The van der Waals surface area contributed by atoms with E-state index < -0.39 is 34.6 Å². The van der Waals surface area contributed by atoms with E-state index >= 15 is 0 Å². The van der Waals surface area contributed by atoms with Crippen molar-refractivity contribution in [1.82, 2.24) is 0 Å². The number of hydrogen-bond donors (Lipinski definition) is 2. The summed E-state index contributed by atoms with van der Waals surface area (Å²) in [6.45, 7) is 4.46. The van der Waals surface area contributed by atoms with Crippen LogP contribution in [0.2, 0.25) is 0 Å². The van der Waals surface area contributed by atoms with E-state index in [0.717, 1.165) is 24.8 Å². The molecule has 0 radical (unpaired) electrons. The maximum atomic E-state index is 13.0. The predicted octanol–water partition coefficient (Wildman–Crippen LogP) is 1.12. The largest absolute Gasteiger partial charge is 0.457 e. The Hall–Kier alpha value is -0.990. The molecule has 1 spiro atoms. The number of esters is 1. The first kappa shape index (κ1) is 17.8. The zero-order valence-electron chi connectivity index (χ0n) is 16.6. The first-order valence-corrected chi connectivity index (χ1v) is 10.4. The highest BCUT2D eigenvalue weighted by Crippen LogP contribution is 2.74. The van der Waals surface area contributed by atoms with E-state index in [2.05, 4.69) is 0 Å². The van der Waals surface area contributed by atoms with Gasteiger partial charge in [0.15, 0.2) is 11.6 Å². The first-order chi connectivity index (χ1) is 13.2. The molecule has 0 aromatic rings. The van der Waals surface area contributed by atoms with Crippen LogP contribution in [0.25, 0.3) is 0 Å². The summed E-state index contributed by atoms with van der Waals surface area (Å²) in [6, 6.07) is 0. The molecule has 7 aliphatic rings. The molecule has 0 amide bonds. The van der Waals surface area contributed by atoms with Crippen LogP contribution >= 0.6 is 0 Å². The third-order valence-electron chi connectivity index (χ3n) is 9.52. The van der Waals surface area contributed by atoms with Crippen LogP contribution in [-0.2, 0) is 23.7 Å². The highest BCUT2D eigenvalue weighted by Gasteiger charge is 2.80. The maximum absolute atomic E-state index is 13.0. The molecule has 0 aromatic carbocycles. The number of rotatable bonds is 1. The Balaban J connectivity index is 1.57. The van der Waals surface area contributed by atoms with Gasteiger partial charge >= 0.3 is 5.97 Å². The fraction of sp³-hybridized carbons (Fsp3) is 0.857. The van der Waals surface area contributed by atoms with E-state index in [1.54, 1.807) is 14.0 Å². The summed E-state index contributed by atoms with van der Waals surface area (Å²) < 4.78 is 24.0. The average molecular weight is 392 g/mol. The van der Waals surface area contributed by atoms with Crippen molar-refractivity contribution in [3.8, 4) is 0 Å². The molecule has 2 N–H and O–H groups in total. The van der Waals surface area contributed by atoms with Crippen LogP contribution in [0.15, 0.2) is 11.6 Å². The Bertz CT molecular complexity index is 799. The lowest BCUT2D eigenvalue weighted by Crippen LogP contribution is -2.73. The molecule has 3 aliphatic carbocycles. The van der Waals surface area contributed by atoms with Crippen molar-refractivity contribution in [3.63, 3.8) is 0 Å². The molecule has 7 nitrogen and oxygen atoms in total. The minimum absolute atomic E-state index is 0.103. The second-order valence-electron chi connectivity index (χ2n) is 10.1. The molecular formula is C21H28O7. The molecule has 0 unspecified atom stereocenters. The van der Waals surface area contributed by atoms with Crippen molar-refractivity contribution in [2.45, 2.75) is 63.3 Å². The smallest absolute Gasteiger partial charge is 0.318 e. The van der Waals surface area contributed by atoms with Gasteiger partial charge < -0.3 is 29.2 Å². The van der Waals surface area contributed by atoms with Crippen LogP contribution in [0.3, 0.4) is 0 Å². The molecule has 9 atom stereocenters. The summed E-state index contributed by atoms with van der Waals surface area (Å²) >= 11 is 0. The fourth-order valence-electron chi connectivity index (χ4n) is 7.90. The van der Waals surface area contributed by atoms with Crippen molar-refractivity contribution < 1.29 is 34.0 Å². The molecule has 154 valence electrons. The third kappa shape index (κ3) is 1.50. The Kier molecular flexibility index (Phi) is 3.08. The number of aliphatic hydroxyl groups excluding tert-OH is 1. The van der Waals surface area contributed by atoms with Crippen molar-refractivity contribution in [1.29, 1.82) is 0 Å². The van der Waals surface area contributed by atoms with Crippen LogP contribution < -0.4 is 0 Å². The number of carbonyl (C=O) groups excluding carboxylic acids is 1. The van der Waals surface area contributed by atoms with Crippen LogP contribution in [0.4, 0.5) is 0 Å². The minimum Gasteiger partial charge on any atom is -0.457 e. The molecule has 7 heteroatoms. The fourth-order valence-corrected chi connectivity index (χ4v) is 7.90. The normalized spacial score (nSPS) is 61.3. The lowest BCUT2D eigenvalue weighted by atomic mass is 9.41. The van der Waals surface area contributed by atoms with Crippen LogP contribution in [0, 0.1) is 28.1 Å². The Morgan fingerprint density at radius 2 is 2.00 bits per heavy atom. The highest BCUT2D eigenvalue weighted by molar-refractivity contribution is 5.82. The SMILES string of the molecule is CO[C@@]12OC[C@@H](O)[C@]1(C)CC[C@@H]1C2=C[C@H]2OC(=O)[C@]3(C)[C@H]2[C@]12CC[C@@]3(O)OC2. The van der Waals surface area contributed by atoms with Crippen LogP contribution in [0.5, 0.6) is 0 Å². The van der Waals surface area contributed by atoms with E-state index in [1.165, 1.54) is 0 Å². The van der Waals surface area contributed by atoms with Crippen LogP contribution in [-0.4, -0.2) is 60.3 Å². The molecule has 4 heterocycles. The monoisotopic (exact) mass is 392 g/mol. The van der Waals surface area contributed by atoms with E-state index in [0.29, 0.717) is 13.0 Å². The molecule has 6 fully saturated rings. The summed E-state index contributed by atoms with van der Waals surface area (Å²) in [5.74, 6) is -2.89. The molecule has 4 saturated heterocycles. The number of ether oxygens (including phenoxy) is 4. The lowest BCUT2D eigenvalue weighted by molar-refractivity contribution is -0.371. The maximum Gasteiger partial charge on any atom is 0.318 e. The van der Waals surface area contributed by atoms with Gasteiger partial charge in [0.25, 0.3) is 0 Å². The summed E-state index contributed by atoms with van der Waals surface area (Å²) in [7, 11) is 1.63. The van der Waals surface area contributed by atoms with Gasteiger partial charge in [-0.15, -0.1) is 0 Å². The average Bonchev–Trinajstić information content (AvgIpc) is 3.11. The van der Waals surface area contributed by atoms with Gasteiger partial charge in [0.2, 0.25) is 0 Å². The third-order valence-corrected chi connectivity index (χ3v) is 9.52. The Morgan fingerprint density at radius 1 is 1.21 bits per heavy atom. The Morgan fingerprint density at radius 3 is 2.68 bits per heavy atom.